The van der Waals surface area contributed by atoms with E-state index in [4.69, 9.17) is 9.47 Å². The highest BCUT2D eigenvalue weighted by molar-refractivity contribution is 5.36. The highest BCUT2D eigenvalue weighted by Gasteiger charge is 2.43. The quantitative estimate of drug-likeness (QED) is 0.829. The fourth-order valence-electron chi connectivity index (χ4n) is 2.85. The van der Waals surface area contributed by atoms with Crippen molar-refractivity contribution in [1.29, 1.82) is 0 Å². The molecule has 3 heteroatoms. The van der Waals surface area contributed by atoms with Gasteiger partial charge >= 0.3 is 0 Å². The number of para-hydroxylation sites is 1. The molecule has 0 bridgehead atoms. The van der Waals surface area contributed by atoms with Crippen LogP contribution in [0.15, 0.2) is 24.3 Å². The average molecular weight is 277 g/mol. The smallest absolute Gasteiger partial charge is 0.128 e. The van der Waals surface area contributed by atoms with Gasteiger partial charge in [0.1, 0.15) is 18.0 Å². The highest BCUT2D eigenvalue weighted by Crippen LogP contribution is 2.34. The van der Waals surface area contributed by atoms with E-state index in [1.165, 1.54) is 5.56 Å². The third-order valence-corrected chi connectivity index (χ3v) is 4.33. The van der Waals surface area contributed by atoms with Gasteiger partial charge in [-0.25, -0.2) is 0 Å². The third kappa shape index (κ3) is 3.15. The summed E-state index contributed by atoms with van der Waals surface area (Å²) in [6, 6.07) is 8.81. The zero-order valence-electron chi connectivity index (χ0n) is 13.1. The Kier molecular flexibility index (Phi) is 5.44. The van der Waals surface area contributed by atoms with E-state index in [-0.39, 0.29) is 12.2 Å². The van der Waals surface area contributed by atoms with E-state index in [2.05, 4.69) is 44.3 Å². The second-order valence-corrected chi connectivity index (χ2v) is 5.60. The first-order chi connectivity index (χ1) is 9.71. The molecule has 0 aromatic heterocycles. The molecule has 1 fully saturated rings. The number of likely N-dealkylation sites (N-methyl/N-ethyl adjacent to an activating group) is 1. The van der Waals surface area contributed by atoms with Crippen molar-refractivity contribution in [3.8, 4) is 5.75 Å². The van der Waals surface area contributed by atoms with Gasteiger partial charge in [0.25, 0.3) is 0 Å². The Morgan fingerprint density at radius 1 is 1.30 bits per heavy atom. The van der Waals surface area contributed by atoms with E-state index in [9.17, 15) is 0 Å². The lowest BCUT2D eigenvalue weighted by Gasteiger charge is -2.43. The number of benzene rings is 1. The van der Waals surface area contributed by atoms with Crippen molar-refractivity contribution in [2.75, 3.05) is 13.7 Å². The van der Waals surface area contributed by atoms with Gasteiger partial charge in [0.2, 0.25) is 0 Å². The molecule has 0 amide bonds. The minimum Gasteiger partial charge on any atom is -0.487 e. The summed E-state index contributed by atoms with van der Waals surface area (Å²) in [5.74, 6) is 1.54. The number of rotatable bonds is 7. The van der Waals surface area contributed by atoms with Crippen LogP contribution in [0.3, 0.4) is 0 Å². The lowest BCUT2D eigenvalue weighted by atomic mass is 9.85. The van der Waals surface area contributed by atoms with Gasteiger partial charge in [-0.1, -0.05) is 39.0 Å². The lowest BCUT2D eigenvalue weighted by molar-refractivity contribution is -0.0887. The Bertz CT molecular complexity index is 421. The number of hydrogen-bond acceptors (Lipinski definition) is 3. The van der Waals surface area contributed by atoms with Gasteiger partial charge in [-0.3, -0.25) is 0 Å². The maximum Gasteiger partial charge on any atom is 0.128 e. The van der Waals surface area contributed by atoms with Crippen LogP contribution in [-0.4, -0.2) is 31.9 Å². The Balaban J connectivity index is 2.04. The number of hydrogen-bond donors (Lipinski definition) is 1. The molecule has 1 saturated carbocycles. The second kappa shape index (κ2) is 7.09. The summed E-state index contributed by atoms with van der Waals surface area (Å²) in [6.07, 6.45) is 2.45. The van der Waals surface area contributed by atoms with E-state index < -0.39 is 0 Å². The van der Waals surface area contributed by atoms with Gasteiger partial charge in [0.05, 0.1) is 0 Å². The molecular formula is C17H27NO2. The molecular weight excluding hydrogens is 250 g/mol. The van der Waals surface area contributed by atoms with Gasteiger partial charge in [-0.2, -0.15) is 0 Å². The summed E-state index contributed by atoms with van der Waals surface area (Å²) >= 11 is 0. The van der Waals surface area contributed by atoms with Crippen LogP contribution in [0.25, 0.3) is 0 Å². The molecule has 20 heavy (non-hydrogen) atoms. The molecule has 0 spiro atoms. The van der Waals surface area contributed by atoms with Crippen molar-refractivity contribution in [2.24, 2.45) is 0 Å². The molecule has 3 nitrogen and oxygen atoms in total. The zero-order chi connectivity index (χ0) is 14.5. The third-order valence-electron chi connectivity index (χ3n) is 4.33. The van der Waals surface area contributed by atoms with Crippen LogP contribution in [0.5, 0.6) is 5.75 Å². The molecule has 1 aromatic rings. The Labute approximate surface area is 122 Å². The van der Waals surface area contributed by atoms with Gasteiger partial charge < -0.3 is 14.8 Å². The fourth-order valence-corrected chi connectivity index (χ4v) is 2.85. The Morgan fingerprint density at radius 3 is 2.70 bits per heavy atom. The van der Waals surface area contributed by atoms with Crippen molar-refractivity contribution in [3.05, 3.63) is 29.8 Å². The lowest BCUT2D eigenvalue weighted by Crippen LogP contribution is -2.60. The first kappa shape index (κ1) is 15.3. The van der Waals surface area contributed by atoms with E-state index in [0.717, 1.165) is 25.1 Å². The summed E-state index contributed by atoms with van der Waals surface area (Å²) < 4.78 is 11.8. The molecule has 1 aliphatic carbocycles. The first-order valence-electron chi connectivity index (χ1n) is 7.73. The van der Waals surface area contributed by atoms with Crippen LogP contribution in [0.2, 0.25) is 0 Å². The van der Waals surface area contributed by atoms with Crippen molar-refractivity contribution in [3.63, 3.8) is 0 Å². The molecule has 0 radical (unpaired) electrons. The topological polar surface area (TPSA) is 30.5 Å². The van der Waals surface area contributed by atoms with Crippen LogP contribution >= 0.6 is 0 Å². The largest absolute Gasteiger partial charge is 0.487 e. The van der Waals surface area contributed by atoms with Crippen LogP contribution in [0.4, 0.5) is 0 Å². The summed E-state index contributed by atoms with van der Waals surface area (Å²) in [5.41, 5.74) is 1.30. The van der Waals surface area contributed by atoms with Crippen molar-refractivity contribution in [2.45, 2.75) is 57.8 Å². The molecule has 4 unspecified atom stereocenters. The van der Waals surface area contributed by atoms with Crippen molar-refractivity contribution >= 4 is 0 Å². The molecule has 1 aliphatic rings. The van der Waals surface area contributed by atoms with Crippen molar-refractivity contribution < 1.29 is 9.47 Å². The molecule has 0 heterocycles. The van der Waals surface area contributed by atoms with E-state index in [1.54, 1.807) is 7.11 Å². The van der Waals surface area contributed by atoms with Crippen molar-refractivity contribution in [1.82, 2.24) is 5.32 Å². The molecule has 4 atom stereocenters. The van der Waals surface area contributed by atoms with Gasteiger partial charge in [0, 0.05) is 19.6 Å². The fraction of sp³-hybridized carbons (Fsp3) is 0.647. The predicted molar refractivity (Wildman–Crippen MR) is 82.4 cm³/mol. The molecule has 0 saturated heterocycles. The second-order valence-electron chi connectivity index (χ2n) is 5.60. The first-order valence-corrected chi connectivity index (χ1v) is 7.73. The van der Waals surface area contributed by atoms with Gasteiger partial charge in [0.15, 0.2) is 0 Å². The maximum atomic E-state index is 6.22. The Hall–Kier alpha value is -1.06. The normalized spacial score (nSPS) is 26.9. The van der Waals surface area contributed by atoms with Gasteiger partial charge in [-0.15, -0.1) is 0 Å². The minimum absolute atomic E-state index is 0.153. The van der Waals surface area contributed by atoms with Crippen LogP contribution < -0.4 is 10.1 Å². The summed E-state index contributed by atoms with van der Waals surface area (Å²) in [4.78, 5) is 0. The standard InChI is InChI=1S/C17H27NO2/c1-5-12(3)13-9-7-8-10-15(13)20-16-11-14(18-6-2)17(16)19-4/h7-10,12,14,16-18H,5-6,11H2,1-4H3. The van der Waals surface area contributed by atoms with Crippen LogP contribution in [0.1, 0.15) is 45.1 Å². The van der Waals surface area contributed by atoms with Gasteiger partial charge in [-0.05, 0) is 30.5 Å². The number of methoxy groups -OCH3 is 1. The van der Waals surface area contributed by atoms with E-state index in [1.807, 2.05) is 6.07 Å². The molecule has 1 aromatic carbocycles. The Morgan fingerprint density at radius 2 is 2.05 bits per heavy atom. The number of ether oxygens (including phenoxy) is 2. The number of nitrogens with one attached hydrogen (secondary N) is 1. The SMILES string of the molecule is CCNC1CC(Oc2ccccc2C(C)CC)C1OC. The monoisotopic (exact) mass is 277 g/mol. The molecule has 1 N–H and O–H groups in total. The average Bonchev–Trinajstić information content (AvgIpc) is 2.46. The summed E-state index contributed by atoms with van der Waals surface area (Å²) in [6.45, 7) is 7.56. The summed E-state index contributed by atoms with van der Waals surface area (Å²) in [7, 11) is 1.77. The van der Waals surface area contributed by atoms with E-state index >= 15 is 0 Å². The zero-order valence-corrected chi connectivity index (χ0v) is 13.1. The molecule has 0 aliphatic heterocycles. The van der Waals surface area contributed by atoms with E-state index in [0.29, 0.717) is 12.0 Å². The van der Waals surface area contributed by atoms with Crippen LogP contribution in [-0.2, 0) is 4.74 Å². The highest BCUT2D eigenvalue weighted by atomic mass is 16.5. The summed E-state index contributed by atoms with van der Waals surface area (Å²) in [5, 5.41) is 3.44. The molecule has 2 rings (SSSR count). The predicted octanol–water partition coefficient (Wildman–Crippen LogP) is 3.34. The van der Waals surface area contributed by atoms with Crippen LogP contribution in [0, 0.1) is 0 Å². The maximum absolute atomic E-state index is 6.22. The molecule has 112 valence electrons. The minimum atomic E-state index is 0.153.